The van der Waals surface area contributed by atoms with Gasteiger partial charge < -0.3 is 26.8 Å². The second-order valence-corrected chi connectivity index (χ2v) is 8.21. The highest BCUT2D eigenvalue weighted by molar-refractivity contribution is 5.94. The molecule has 12 heteroatoms. The molecule has 1 aliphatic rings. The average Bonchev–Trinajstić information content (AvgIpc) is 3.22. The zero-order valence-corrected chi connectivity index (χ0v) is 18.4. The lowest BCUT2D eigenvalue weighted by Crippen LogP contribution is -2.45. The topological polar surface area (TPSA) is 147 Å². The van der Waals surface area contributed by atoms with Gasteiger partial charge in [0, 0.05) is 41.5 Å². The minimum atomic E-state index is -0.744. The molecule has 8 N–H and O–H groups in total. The Morgan fingerprint density at radius 3 is 2.71 bits per heavy atom. The van der Waals surface area contributed by atoms with Crippen molar-refractivity contribution in [2.45, 2.75) is 44.7 Å². The minimum Gasteiger partial charge on any atom is -0.403 e. The summed E-state index contributed by atoms with van der Waals surface area (Å²) in [6.45, 7) is 1.49. The molecule has 4 rings (SSSR count). The Kier molecular flexibility index (Phi) is 6.59. The molecule has 1 saturated carbocycles. The van der Waals surface area contributed by atoms with Crippen molar-refractivity contribution in [3.05, 3.63) is 53.4 Å². The van der Waals surface area contributed by atoms with E-state index in [1.54, 1.807) is 0 Å². The maximum absolute atomic E-state index is 14.9. The molecule has 0 aliphatic heterocycles. The number of aromatic amines is 1. The number of fused-ring (bicyclic) bond motifs is 1. The Morgan fingerprint density at radius 2 is 1.97 bits per heavy atom. The Bertz CT molecular complexity index is 1260. The van der Waals surface area contributed by atoms with E-state index in [1.165, 1.54) is 19.2 Å². The van der Waals surface area contributed by atoms with Gasteiger partial charge in [-0.05, 0) is 38.7 Å². The van der Waals surface area contributed by atoms with Crippen LogP contribution in [0.25, 0.3) is 22.3 Å². The summed E-state index contributed by atoms with van der Waals surface area (Å²) in [6.07, 6.45) is 5.34. The first-order valence-corrected chi connectivity index (χ1v) is 10.8. The molecular formula is C22H25F3N8O. The molecule has 0 radical (unpaired) electrons. The number of H-pyrrole nitrogens is 1. The van der Waals surface area contributed by atoms with Crippen molar-refractivity contribution in [1.82, 2.24) is 25.7 Å². The maximum Gasteiger partial charge on any atom is 0.270 e. The lowest BCUT2D eigenvalue weighted by Gasteiger charge is -2.31. The number of nitrogens with one attached hydrogen (secondary N) is 4. The fraction of sp³-hybridized carbons (Fsp3) is 0.318. The summed E-state index contributed by atoms with van der Waals surface area (Å²) in [7, 11) is 0. The van der Waals surface area contributed by atoms with E-state index in [9.17, 15) is 18.0 Å². The van der Waals surface area contributed by atoms with Crippen LogP contribution in [-0.4, -0.2) is 32.9 Å². The number of hydrogen-bond donors (Lipinski definition) is 6. The third-order valence-electron chi connectivity index (χ3n) is 5.88. The zero-order valence-electron chi connectivity index (χ0n) is 18.4. The maximum atomic E-state index is 14.9. The smallest absolute Gasteiger partial charge is 0.270 e. The molecule has 2 heterocycles. The largest absolute Gasteiger partial charge is 0.403 e. The van der Waals surface area contributed by atoms with Crippen LogP contribution >= 0.6 is 0 Å². The number of carbonyl (C=O) groups is 1. The van der Waals surface area contributed by atoms with E-state index >= 15 is 0 Å². The molecule has 2 atom stereocenters. The Morgan fingerprint density at radius 1 is 1.21 bits per heavy atom. The number of nitrogens with zero attached hydrogens (tertiary/aromatic N) is 2. The highest BCUT2D eigenvalue weighted by Gasteiger charge is 2.26. The number of rotatable bonds is 6. The number of aromatic nitrogens is 3. The third-order valence-corrected chi connectivity index (χ3v) is 5.88. The van der Waals surface area contributed by atoms with Gasteiger partial charge in [-0.3, -0.25) is 10.6 Å². The summed E-state index contributed by atoms with van der Waals surface area (Å²) in [5.41, 5.74) is 8.21. The highest BCUT2D eigenvalue weighted by Crippen LogP contribution is 2.31. The van der Waals surface area contributed by atoms with Gasteiger partial charge in [0.05, 0.1) is 11.2 Å². The average molecular weight is 474 g/mol. The van der Waals surface area contributed by atoms with Crippen LogP contribution in [0, 0.1) is 24.4 Å². The van der Waals surface area contributed by atoms with Gasteiger partial charge in [0.1, 0.15) is 17.3 Å². The monoisotopic (exact) mass is 474 g/mol. The van der Waals surface area contributed by atoms with Crippen molar-refractivity contribution < 1.29 is 18.0 Å². The summed E-state index contributed by atoms with van der Waals surface area (Å²) in [5, 5.41) is 6.22. The number of hydrazine groups is 1. The third kappa shape index (κ3) is 4.62. The molecule has 2 aromatic heterocycles. The van der Waals surface area contributed by atoms with Crippen molar-refractivity contribution in [2.24, 2.45) is 11.6 Å². The second kappa shape index (κ2) is 9.59. The van der Waals surface area contributed by atoms with Crippen molar-refractivity contribution in [2.75, 3.05) is 5.32 Å². The summed E-state index contributed by atoms with van der Waals surface area (Å²) in [5.74, 6) is 2.86. The van der Waals surface area contributed by atoms with Crippen LogP contribution in [0.4, 0.5) is 19.0 Å². The molecular weight excluding hydrogens is 449 g/mol. The first kappa shape index (κ1) is 23.4. The van der Waals surface area contributed by atoms with Crippen molar-refractivity contribution in [3.63, 3.8) is 0 Å². The predicted octanol–water partition coefficient (Wildman–Crippen LogP) is 2.45. The molecule has 1 fully saturated rings. The molecule has 9 nitrogen and oxygen atoms in total. The van der Waals surface area contributed by atoms with E-state index in [2.05, 4.69) is 31.0 Å². The Labute approximate surface area is 193 Å². The van der Waals surface area contributed by atoms with Gasteiger partial charge in [-0.15, -0.1) is 0 Å². The quantitative estimate of drug-likeness (QED) is 0.183. The normalized spacial score (nSPS) is 18.7. The van der Waals surface area contributed by atoms with Gasteiger partial charge in [-0.1, -0.05) is 0 Å². The fourth-order valence-corrected chi connectivity index (χ4v) is 4.21. The van der Waals surface area contributed by atoms with E-state index in [0.29, 0.717) is 12.0 Å². The summed E-state index contributed by atoms with van der Waals surface area (Å²) < 4.78 is 42.8. The number of carbonyl (C=O) groups excluding carboxylic acids is 1. The molecule has 1 aliphatic carbocycles. The van der Waals surface area contributed by atoms with Gasteiger partial charge in [0.25, 0.3) is 5.91 Å². The number of nitrogens with two attached hydrogens (primary N) is 2. The molecule has 34 heavy (non-hydrogen) atoms. The Balaban J connectivity index is 1.57. The van der Waals surface area contributed by atoms with Crippen LogP contribution < -0.4 is 27.6 Å². The summed E-state index contributed by atoms with van der Waals surface area (Å²) in [4.78, 5) is 23.5. The molecule has 0 spiro atoms. The predicted molar refractivity (Wildman–Crippen MR) is 121 cm³/mol. The van der Waals surface area contributed by atoms with Crippen LogP contribution in [0.1, 0.15) is 31.4 Å². The number of anilines is 1. The van der Waals surface area contributed by atoms with Crippen LogP contribution in [0.3, 0.4) is 0 Å². The van der Waals surface area contributed by atoms with E-state index in [0.717, 1.165) is 31.5 Å². The molecule has 180 valence electrons. The molecule has 0 saturated heterocycles. The van der Waals surface area contributed by atoms with Gasteiger partial charge in [-0.25, -0.2) is 23.1 Å². The van der Waals surface area contributed by atoms with Crippen LogP contribution in [0.2, 0.25) is 0 Å². The summed E-state index contributed by atoms with van der Waals surface area (Å²) in [6, 6.07) is 1.60. The zero-order chi connectivity index (χ0) is 24.4. The van der Waals surface area contributed by atoms with Crippen molar-refractivity contribution in [1.29, 1.82) is 0 Å². The highest BCUT2D eigenvalue weighted by atomic mass is 19.1. The van der Waals surface area contributed by atoms with Crippen LogP contribution in [0.5, 0.6) is 0 Å². The standard InChI is InChI=1S/C22H25F3N8O/c1-10-18(25)21(30-12-3-2-4-13(7-12)31-22(34)17(8-26)33-27)32-20(29-10)15-9-28-19-14(15)5-11(23)6-16(19)24/h5-6,8-9,12-13,28,33H,2-4,7,26-27H2,1H3,(H,31,34)(H,29,30,32)/b17-8-. The van der Waals surface area contributed by atoms with Gasteiger partial charge >= 0.3 is 0 Å². The van der Waals surface area contributed by atoms with Crippen LogP contribution in [0.15, 0.2) is 30.2 Å². The lowest BCUT2D eigenvalue weighted by molar-refractivity contribution is -0.118. The van der Waals surface area contributed by atoms with Crippen LogP contribution in [-0.2, 0) is 4.79 Å². The number of aryl methyl sites for hydroxylation is 1. The first-order chi connectivity index (χ1) is 16.3. The number of halogens is 3. The molecule has 1 aromatic carbocycles. The first-order valence-electron chi connectivity index (χ1n) is 10.8. The van der Waals surface area contributed by atoms with Gasteiger partial charge in [-0.2, -0.15) is 0 Å². The molecule has 1 amide bonds. The molecule has 2 unspecified atom stereocenters. The molecule has 3 aromatic rings. The van der Waals surface area contributed by atoms with E-state index < -0.39 is 23.4 Å². The Hall–Kier alpha value is -3.80. The number of hydrogen-bond acceptors (Lipinski definition) is 7. The van der Waals surface area contributed by atoms with Crippen molar-refractivity contribution in [3.8, 4) is 11.4 Å². The SMILES string of the molecule is Cc1nc(-c2c[nH]c3c(F)cc(F)cc23)nc(NC2CCCC(NC(=O)/C(=C/N)NN)C2)c1F. The number of benzene rings is 1. The lowest BCUT2D eigenvalue weighted by atomic mass is 9.91. The second-order valence-electron chi connectivity index (χ2n) is 8.21. The van der Waals surface area contributed by atoms with Crippen molar-refractivity contribution >= 4 is 22.6 Å². The van der Waals surface area contributed by atoms with E-state index in [1.807, 2.05) is 0 Å². The van der Waals surface area contributed by atoms with Gasteiger partial charge in [0.15, 0.2) is 17.5 Å². The number of amides is 1. The van der Waals surface area contributed by atoms with E-state index in [4.69, 9.17) is 11.6 Å². The summed E-state index contributed by atoms with van der Waals surface area (Å²) >= 11 is 0. The molecule has 0 bridgehead atoms. The van der Waals surface area contributed by atoms with E-state index in [-0.39, 0.29) is 46.0 Å². The van der Waals surface area contributed by atoms with Gasteiger partial charge in [0.2, 0.25) is 0 Å². The fourth-order valence-electron chi connectivity index (χ4n) is 4.21. The minimum absolute atomic E-state index is 0.0168.